The standard InChI is InChI=1S/C20H32O/c1-14-7-8-17-19(4,13-15(14)21)12-9-16-18(2,3)10-6-11-20(16,17)5/h16-17H,1,6-13H2,2-5H3/t16-,17-,19-,20-/m0/s1. The second-order valence-corrected chi connectivity index (χ2v) is 9.39. The Morgan fingerprint density at radius 1 is 1.00 bits per heavy atom. The van der Waals surface area contributed by atoms with E-state index in [-0.39, 0.29) is 5.41 Å². The van der Waals surface area contributed by atoms with Gasteiger partial charge in [-0.2, -0.15) is 0 Å². The van der Waals surface area contributed by atoms with E-state index in [0.717, 1.165) is 24.3 Å². The zero-order valence-corrected chi connectivity index (χ0v) is 14.4. The van der Waals surface area contributed by atoms with Gasteiger partial charge in [0.1, 0.15) is 0 Å². The van der Waals surface area contributed by atoms with Crippen LogP contribution in [0.4, 0.5) is 0 Å². The van der Waals surface area contributed by atoms with Crippen molar-refractivity contribution in [3.63, 3.8) is 0 Å². The molecule has 1 nitrogen and oxygen atoms in total. The third-order valence-corrected chi connectivity index (χ3v) is 7.61. The largest absolute Gasteiger partial charge is 0.295 e. The summed E-state index contributed by atoms with van der Waals surface area (Å²) >= 11 is 0. The molecule has 0 unspecified atom stereocenters. The maximum atomic E-state index is 12.4. The molecule has 0 aromatic carbocycles. The zero-order chi connectivity index (χ0) is 15.5. The Hall–Kier alpha value is -0.590. The molecule has 1 heteroatoms. The first-order chi connectivity index (χ1) is 9.69. The molecule has 0 bridgehead atoms. The van der Waals surface area contributed by atoms with Crippen LogP contribution in [0.15, 0.2) is 12.2 Å². The van der Waals surface area contributed by atoms with Crippen LogP contribution in [0.25, 0.3) is 0 Å². The molecule has 3 aliphatic carbocycles. The highest BCUT2D eigenvalue weighted by atomic mass is 16.1. The molecule has 3 fully saturated rings. The van der Waals surface area contributed by atoms with Crippen molar-refractivity contribution in [2.45, 2.75) is 79.1 Å². The van der Waals surface area contributed by atoms with Gasteiger partial charge in [0.25, 0.3) is 0 Å². The van der Waals surface area contributed by atoms with Crippen LogP contribution in [0.5, 0.6) is 0 Å². The number of ketones is 1. The fourth-order valence-corrected chi connectivity index (χ4v) is 6.59. The van der Waals surface area contributed by atoms with Crippen molar-refractivity contribution in [2.75, 3.05) is 0 Å². The van der Waals surface area contributed by atoms with E-state index >= 15 is 0 Å². The molecular formula is C20H32O. The molecule has 0 aliphatic heterocycles. The minimum Gasteiger partial charge on any atom is -0.295 e. The Morgan fingerprint density at radius 2 is 1.71 bits per heavy atom. The van der Waals surface area contributed by atoms with Crippen LogP contribution in [0, 0.1) is 28.1 Å². The number of carbonyl (C=O) groups is 1. The van der Waals surface area contributed by atoms with Crippen molar-refractivity contribution in [3.05, 3.63) is 12.2 Å². The van der Waals surface area contributed by atoms with E-state index in [2.05, 4.69) is 34.3 Å². The molecule has 4 atom stereocenters. The van der Waals surface area contributed by atoms with E-state index in [1.54, 1.807) is 0 Å². The van der Waals surface area contributed by atoms with Crippen molar-refractivity contribution in [2.24, 2.45) is 28.1 Å². The maximum Gasteiger partial charge on any atom is 0.158 e. The van der Waals surface area contributed by atoms with Crippen LogP contribution in [-0.4, -0.2) is 5.78 Å². The summed E-state index contributed by atoms with van der Waals surface area (Å²) in [5.74, 6) is 1.88. The highest BCUT2D eigenvalue weighted by Crippen LogP contribution is 2.66. The molecular weight excluding hydrogens is 256 g/mol. The number of rotatable bonds is 0. The summed E-state index contributed by atoms with van der Waals surface area (Å²) in [7, 11) is 0. The predicted molar refractivity (Wildman–Crippen MR) is 88.1 cm³/mol. The molecule has 118 valence electrons. The van der Waals surface area contributed by atoms with Crippen molar-refractivity contribution in [1.29, 1.82) is 0 Å². The van der Waals surface area contributed by atoms with Gasteiger partial charge in [-0.25, -0.2) is 0 Å². The summed E-state index contributed by atoms with van der Waals surface area (Å²) < 4.78 is 0. The summed E-state index contributed by atoms with van der Waals surface area (Å²) in [6, 6.07) is 0. The van der Waals surface area contributed by atoms with Gasteiger partial charge in [-0.3, -0.25) is 4.79 Å². The van der Waals surface area contributed by atoms with Crippen molar-refractivity contribution in [1.82, 2.24) is 0 Å². The predicted octanol–water partition coefficient (Wildman–Crippen LogP) is 5.54. The average Bonchev–Trinajstić information content (AvgIpc) is 2.46. The van der Waals surface area contributed by atoms with Gasteiger partial charge in [-0.15, -0.1) is 0 Å². The summed E-state index contributed by atoms with van der Waals surface area (Å²) in [4.78, 5) is 12.4. The second-order valence-electron chi connectivity index (χ2n) is 9.39. The molecule has 0 amide bonds. The summed E-state index contributed by atoms with van der Waals surface area (Å²) in [6.07, 6.45) is 9.52. The van der Waals surface area contributed by atoms with Gasteiger partial charge < -0.3 is 0 Å². The first kappa shape index (κ1) is 15.3. The highest BCUT2D eigenvalue weighted by Gasteiger charge is 2.58. The summed E-state index contributed by atoms with van der Waals surface area (Å²) in [5.41, 5.74) is 2.01. The van der Waals surface area contributed by atoms with Gasteiger partial charge >= 0.3 is 0 Å². The zero-order valence-electron chi connectivity index (χ0n) is 14.4. The van der Waals surface area contributed by atoms with E-state index in [9.17, 15) is 4.79 Å². The summed E-state index contributed by atoms with van der Waals surface area (Å²) in [6.45, 7) is 14.0. The smallest absolute Gasteiger partial charge is 0.158 e. The van der Waals surface area contributed by atoms with E-state index in [0.29, 0.717) is 22.5 Å². The van der Waals surface area contributed by atoms with E-state index in [1.165, 1.54) is 38.5 Å². The molecule has 3 saturated carbocycles. The monoisotopic (exact) mass is 288 g/mol. The van der Waals surface area contributed by atoms with Gasteiger partial charge in [0.05, 0.1) is 0 Å². The Kier molecular flexibility index (Phi) is 3.43. The molecule has 3 rings (SSSR count). The maximum absolute atomic E-state index is 12.4. The number of Topliss-reactive ketones (excluding diaryl/α,β-unsaturated/α-hetero) is 1. The first-order valence-electron chi connectivity index (χ1n) is 8.90. The minimum atomic E-state index is 0.217. The lowest BCUT2D eigenvalue weighted by Gasteiger charge is -2.62. The van der Waals surface area contributed by atoms with Crippen LogP contribution in [0.3, 0.4) is 0 Å². The highest BCUT2D eigenvalue weighted by molar-refractivity contribution is 5.95. The third kappa shape index (κ3) is 2.23. The van der Waals surface area contributed by atoms with Crippen LogP contribution in [-0.2, 0) is 4.79 Å². The lowest BCUT2D eigenvalue weighted by atomic mass is 9.42. The number of allylic oxidation sites excluding steroid dienone is 1. The van der Waals surface area contributed by atoms with Crippen molar-refractivity contribution in [3.8, 4) is 0 Å². The molecule has 0 radical (unpaired) electrons. The lowest BCUT2D eigenvalue weighted by molar-refractivity contribution is -0.138. The SMILES string of the molecule is C=C1CC[C@H]2[C@@](C)(CC[C@H]3C(C)(C)CCC[C@@]32C)CC1=O. The fourth-order valence-electron chi connectivity index (χ4n) is 6.59. The number of hydrogen-bond acceptors (Lipinski definition) is 1. The van der Waals surface area contributed by atoms with E-state index in [1.807, 2.05) is 0 Å². The van der Waals surface area contributed by atoms with E-state index < -0.39 is 0 Å². The van der Waals surface area contributed by atoms with E-state index in [4.69, 9.17) is 0 Å². The third-order valence-electron chi connectivity index (χ3n) is 7.61. The molecule has 21 heavy (non-hydrogen) atoms. The normalized spacial score (nSPS) is 46.5. The number of carbonyl (C=O) groups excluding carboxylic acids is 1. The Balaban J connectivity index is 2.00. The second kappa shape index (κ2) is 4.70. The molecule has 0 heterocycles. The van der Waals surface area contributed by atoms with Gasteiger partial charge in [0.2, 0.25) is 0 Å². The number of hydrogen-bond donors (Lipinski definition) is 0. The van der Waals surface area contributed by atoms with Crippen LogP contribution in [0.2, 0.25) is 0 Å². The molecule has 0 aromatic heterocycles. The van der Waals surface area contributed by atoms with Gasteiger partial charge in [-0.1, -0.05) is 40.7 Å². The van der Waals surface area contributed by atoms with Crippen molar-refractivity contribution < 1.29 is 4.79 Å². The molecule has 0 spiro atoms. The minimum absolute atomic E-state index is 0.217. The molecule has 3 aliphatic rings. The quantitative estimate of drug-likeness (QED) is 0.534. The van der Waals surface area contributed by atoms with Gasteiger partial charge in [0, 0.05) is 6.42 Å². The Bertz CT molecular complexity index is 474. The van der Waals surface area contributed by atoms with Gasteiger partial charge in [-0.05, 0) is 72.2 Å². The fraction of sp³-hybridized carbons (Fsp3) is 0.850. The molecule has 0 saturated heterocycles. The number of fused-ring (bicyclic) bond motifs is 3. The Morgan fingerprint density at radius 3 is 2.43 bits per heavy atom. The Labute approximate surface area is 130 Å². The van der Waals surface area contributed by atoms with Crippen LogP contribution >= 0.6 is 0 Å². The van der Waals surface area contributed by atoms with Crippen molar-refractivity contribution >= 4 is 5.78 Å². The van der Waals surface area contributed by atoms with Gasteiger partial charge in [0.15, 0.2) is 5.78 Å². The van der Waals surface area contributed by atoms with Crippen LogP contribution < -0.4 is 0 Å². The summed E-state index contributed by atoms with van der Waals surface area (Å²) in [5, 5.41) is 0. The van der Waals surface area contributed by atoms with Crippen LogP contribution in [0.1, 0.15) is 79.1 Å². The molecule has 0 aromatic rings. The average molecular weight is 288 g/mol. The topological polar surface area (TPSA) is 17.1 Å². The first-order valence-corrected chi connectivity index (χ1v) is 8.90. The lowest BCUT2D eigenvalue weighted by Crippen LogP contribution is -2.54. The molecule has 0 N–H and O–H groups in total.